The molecule has 3 aromatic rings. The SMILES string of the molecule is COc1cc(OC)c(-c2ccnn2C)c(O)c1C(=O)c1ccc(F)cc1F. The first-order valence-corrected chi connectivity index (χ1v) is 7.85. The average Bonchev–Trinajstić information content (AvgIpc) is 3.05. The number of nitrogens with zero attached hydrogens (tertiary/aromatic N) is 2. The Hall–Kier alpha value is -3.42. The van der Waals surface area contributed by atoms with Crippen molar-refractivity contribution in [2.45, 2.75) is 0 Å². The second kappa shape index (κ2) is 7.06. The summed E-state index contributed by atoms with van der Waals surface area (Å²) in [6.45, 7) is 0. The summed E-state index contributed by atoms with van der Waals surface area (Å²) in [4.78, 5) is 12.9. The molecule has 0 aliphatic rings. The number of methoxy groups -OCH3 is 2. The molecule has 1 N–H and O–H groups in total. The molecule has 0 saturated heterocycles. The van der Waals surface area contributed by atoms with Crippen molar-refractivity contribution in [1.82, 2.24) is 9.78 Å². The van der Waals surface area contributed by atoms with Crippen LogP contribution in [0.15, 0.2) is 36.5 Å². The Bertz CT molecular complexity index is 1030. The number of aromatic nitrogens is 2. The van der Waals surface area contributed by atoms with Crippen molar-refractivity contribution in [1.29, 1.82) is 0 Å². The van der Waals surface area contributed by atoms with E-state index in [9.17, 15) is 18.7 Å². The van der Waals surface area contributed by atoms with Crippen LogP contribution in [0.3, 0.4) is 0 Å². The predicted molar refractivity (Wildman–Crippen MR) is 93.2 cm³/mol. The minimum absolute atomic E-state index is 0.0102. The zero-order valence-corrected chi connectivity index (χ0v) is 14.8. The fourth-order valence-electron chi connectivity index (χ4n) is 2.84. The van der Waals surface area contributed by atoms with E-state index in [0.717, 1.165) is 12.1 Å². The highest BCUT2D eigenvalue weighted by Gasteiger charge is 2.28. The number of hydrogen-bond acceptors (Lipinski definition) is 5. The van der Waals surface area contributed by atoms with Crippen molar-refractivity contribution in [3.8, 4) is 28.5 Å². The molecule has 1 aromatic heterocycles. The number of hydrogen-bond donors (Lipinski definition) is 1. The van der Waals surface area contributed by atoms with E-state index in [-0.39, 0.29) is 22.6 Å². The third kappa shape index (κ3) is 3.10. The molecule has 3 rings (SSSR count). The van der Waals surface area contributed by atoms with E-state index < -0.39 is 28.7 Å². The molecule has 0 saturated carbocycles. The lowest BCUT2D eigenvalue weighted by Gasteiger charge is -2.17. The third-order valence-electron chi connectivity index (χ3n) is 4.15. The van der Waals surface area contributed by atoms with E-state index in [4.69, 9.17) is 9.47 Å². The summed E-state index contributed by atoms with van der Waals surface area (Å²) in [7, 11) is 4.35. The van der Waals surface area contributed by atoms with Gasteiger partial charge in [0.1, 0.15) is 34.4 Å². The minimum atomic E-state index is -1.04. The zero-order valence-electron chi connectivity index (χ0n) is 14.8. The molecule has 27 heavy (non-hydrogen) atoms. The first-order chi connectivity index (χ1) is 12.9. The second-order valence-electron chi connectivity index (χ2n) is 5.67. The molecule has 0 aliphatic heterocycles. The van der Waals surface area contributed by atoms with Crippen LogP contribution in [0.5, 0.6) is 17.2 Å². The van der Waals surface area contributed by atoms with Crippen molar-refractivity contribution in [3.63, 3.8) is 0 Å². The van der Waals surface area contributed by atoms with Crippen molar-refractivity contribution in [2.75, 3.05) is 14.2 Å². The Balaban J connectivity index is 2.29. The Morgan fingerprint density at radius 1 is 1.11 bits per heavy atom. The van der Waals surface area contributed by atoms with Gasteiger partial charge < -0.3 is 14.6 Å². The summed E-state index contributed by atoms with van der Waals surface area (Å²) in [5, 5.41) is 14.9. The van der Waals surface area contributed by atoms with Gasteiger partial charge >= 0.3 is 0 Å². The van der Waals surface area contributed by atoms with Crippen molar-refractivity contribution in [3.05, 3.63) is 59.3 Å². The molecular weight excluding hydrogens is 358 g/mol. The minimum Gasteiger partial charge on any atom is -0.506 e. The van der Waals surface area contributed by atoms with Crippen LogP contribution >= 0.6 is 0 Å². The highest BCUT2D eigenvalue weighted by Crippen LogP contribution is 2.45. The Morgan fingerprint density at radius 2 is 1.81 bits per heavy atom. The lowest BCUT2D eigenvalue weighted by Crippen LogP contribution is -2.09. The molecule has 0 amide bonds. The molecule has 0 aliphatic carbocycles. The van der Waals surface area contributed by atoms with Crippen molar-refractivity contribution >= 4 is 5.78 Å². The van der Waals surface area contributed by atoms with Gasteiger partial charge in [-0.3, -0.25) is 9.48 Å². The quantitative estimate of drug-likeness (QED) is 0.694. The van der Waals surface area contributed by atoms with Gasteiger partial charge in [0.05, 0.1) is 31.0 Å². The molecule has 0 unspecified atom stereocenters. The smallest absolute Gasteiger partial charge is 0.203 e. The van der Waals surface area contributed by atoms with Gasteiger partial charge in [0.25, 0.3) is 0 Å². The van der Waals surface area contributed by atoms with Crippen LogP contribution in [0.1, 0.15) is 15.9 Å². The van der Waals surface area contributed by atoms with Crippen molar-refractivity contribution in [2.24, 2.45) is 7.05 Å². The Labute approximate surface area is 153 Å². The number of aryl methyl sites for hydroxylation is 1. The molecule has 8 heteroatoms. The van der Waals surface area contributed by atoms with Crippen LogP contribution in [-0.2, 0) is 7.05 Å². The van der Waals surface area contributed by atoms with E-state index in [1.54, 1.807) is 13.1 Å². The van der Waals surface area contributed by atoms with Gasteiger partial charge in [0.2, 0.25) is 5.78 Å². The molecule has 6 nitrogen and oxygen atoms in total. The number of aromatic hydroxyl groups is 1. The van der Waals surface area contributed by atoms with Crippen LogP contribution in [0.25, 0.3) is 11.3 Å². The molecule has 140 valence electrons. The Morgan fingerprint density at radius 3 is 2.37 bits per heavy atom. The topological polar surface area (TPSA) is 73.6 Å². The van der Waals surface area contributed by atoms with Gasteiger partial charge in [-0.2, -0.15) is 5.10 Å². The largest absolute Gasteiger partial charge is 0.506 e. The number of ketones is 1. The number of phenols is 1. The highest BCUT2D eigenvalue weighted by molar-refractivity contribution is 6.14. The normalized spacial score (nSPS) is 10.7. The van der Waals surface area contributed by atoms with E-state index in [1.165, 1.54) is 31.2 Å². The molecule has 0 spiro atoms. The molecule has 1 heterocycles. The van der Waals surface area contributed by atoms with Crippen LogP contribution < -0.4 is 9.47 Å². The maximum Gasteiger partial charge on any atom is 0.203 e. The average molecular weight is 374 g/mol. The van der Waals surface area contributed by atoms with E-state index in [1.807, 2.05) is 0 Å². The van der Waals surface area contributed by atoms with Gasteiger partial charge in [0.15, 0.2) is 0 Å². The number of carbonyl (C=O) groups is 1. The first kappa shape index (κ1) is 18.4. The fourth-order valence-corrected chi connectivity index (χ4v) is 2.84. The number of ether oxygens (including phenoxy) is 2. The first-order valence-electron chi connectivity index (χ1n) is 7.85. The lowest BCUT2D eigenvalue weighted by molar-refractivity contribution is 0.102. The standard InChI is InChI=1S/C19H16F2N2O4/c1-23-13(6-7-22-23)16-14(26-2)9-15(27-3)17(19(16)25)18(24)11-5-4-10(20)8-12(11)21/h4-9,25H,1-3H3. The fraction of sp³-hybridized carbons (Fsp3) is 0.158. The molecule has 0 radical (unpaired) electrons. The van der Waals surface area contributed by atoms with Gasteiger partial charge in [-0.1, -0.05) is 0 Å². The number of benzene rings is 2. The summed E-state index contributed by atoms with van der Waals surface area (Å²) >= 11 is 0. The van der Waals surface area contributed by atoms with E-state index in [0.29, 0.717) is 11.8 Å². The predicted octanol–water partition coefficient (Wildman–Crippen LogP) is 3.32. The molecule has 0 fully saturated rings. The van der Waals surface area contributed by atoms with Crippen LogP contribution in [0, 0.1) is 11.6 Å². The summed E-state index contributed by atoms with van der Waals surface area (Å²) < 4.78 is 39.3. The van der Waals surface area contributed by atoms with Crippen LogP contribution in [0.4, 0.5) is 8.78 Å². The van der Waals surface area contributed by atoms with Crippen LogP contribution in [0.2, 0.25) is 0 Å². The lowest BCUT2D eigenvalue weighted by atomic mass is 9.96. The Kier molecular flexibility index (Phi) is 4.81. The van der Waals surface area contributed by atoms with Crippen molar-refractivity contribution < 1.29 is 28.2 Å². The van der Waals surface area contributed by atoms with Gasteiger partial charge in [0, 0.05) is 25.4 Å². The zero-order chi connectivity index (χ0) is 19.7. The number of carbonyl (C=O) groups excluding carboxylic acids is 1. The van der Waals surface area contributed by atoms with Gasteiger partial charge in [-0.05, 0) is 18.2 Å². The monoisotopic (exact) mass is 374 g/mol. The highest BCUT2D eigenvalue weighted by atomic mass is 19.1. The second-order valence-corrected chi connectivity index (χ2v) is 5.67. The summed E-state index contributed by atoms with van der Waals surface area (Å²) in [6, 6.07) is 5.61. The number of rotatable bonds is 5. The van der Waals surface area contributed by atoms with E-state index >= 15 is 0 Å². The molecule has 0 atom stereocenters. The summed E-state index contributed by atoms with van der Waals surface area (Å²) in [6.07, 6.45) is 1.51. The maximum absolute atomic E-state index is 14.1. The number of phenolic OH excluding ortho intramolecular Hbond substituents is 1. The third-order valence-corrected chi connectivity index (χ3v) is 4.15. The maximum atomic E-state index is 14.1. The summed E-state index contributed by atoms with van der Waals surface area (Å²) in [5.74, 6) is -2.94. The van der Waals surface area contributed by atoms with Crippen LogP contribution in [-0.4, -0.2) is 34.9 Å². The van der Waals surface area contributed by atoms with Gasteiger partial charge in [-0.25, -0.2) is 8.78 Å². The van der Waals surface area contributed by atoms with E-state index in [2.05, 4.69) is 5.10 Å². The number of halogens is 2. The molecular formula is C19H16F2N2O4. The van der Waals surface area contributed by atoms with Gasteiger partial charge in [-0.15, -0.1) is 0 Å². The molecule has 2 aromatic carbocycles. The summed E-state index contributed by atoms with van der Waals surface area (Å²) in [5.41, 5.74) is 0.0101. The molecule has 0 bridgehead atoms.